The van der Waals surface area contributed by atoms with Gasteiger partial charge in [-0.25, -0.2) is 0 Å². The first-order chi connectivity index (χ1) is 6.85. The second kappa shape index (κ2) is 6.46. The van der Waals surface area contributed by atoms with Crippen LogP contribution in [0.1, 0.15) is 34.6 Å². The lowest BCUT2D eigenvalue weighted by molar-refractivity contribution is -0.120. The lowest BCUT2D eigenvalue weighted by Gasteiger charge is -2.32. The summed E-state index contributed by atoms with van der Waals surface area (Å²) in [6, 6.07) is 0.207. The van der Waals surface area contributed by atoms with E-state index in [0.717, 1.165) is 6.54 Å². The number of ether oxygens (including phenoxy) is 2. The molecule has 0 saturated carbocycles. The van der Waals surface area contributed by atoms with Crippen LogP contribution in [-0.2, 0) is 9.47 Å². The Labute approximate surface area is 94.5 Å². The molecule has 3 nitrogen and oxygen atoms in total. The van der Waals surface area contributed by atoms with Crippen LogP contribution in [0.3, 0.4) is 0 Å². The molecule has 1 atom stereocenters. The molecule has 0 aromatic heterocycles. The average Bonchev–Trinajstić information content (AvgIpc) is 2.16. The molecule has 0 aliphatic heterocycles. The van der Waals surface area contributed by atoms with Gasteiger partial charge in [0.05, 0.1) is 6.04 Å². The summed E-state index contributed by atoms with van der Waals surface area (Å²) in [6.45, 7) is 12.1. The number of hydrogen-bond donors (Lipinski definition) is 1. The van der Waals surface area contributed by atoms with Crippen LogP contribution >= 0.6 is 0 Å². The van der Waals surface area contributed by atoms with Gasteiger partial charge in [-0.3, -0.25) is 0 Å². The monoisotopic (exact) mass is 217 g/mol. The third kappa shape index (κ3) is 4.96. The molecule has 0 amide bonds. The van der Waals surface area contributed by atoms with Crippen LogP contribution in [0.15, 0.2) is 0 Å². The maximum Gasteiger partial charge on any atom is 0.171 e. The van der Waals surface area contributed by atoms with Gasteiger partial charge < -0.3 is 14.8 Å². The zero-order valence-corrected chi connectivity index (χ0v) is 11.3. The summed E-state index contributed by atoms with van der Waals surface area (Å²) in [5.41, 5.74) is 0.292. The molecular weight excluding hydrogens is 190 g/mol. The maximum atomic E-state index is 5.20. The molecule has 0 aromatic carbocycles. The maximum absolute atomic E-state index is 5.20. The molecule has 0 aliphatic carbocycles. The Balaban J connectivity index is 4.04. The predicted molar refractivity (Wildman–Crippen MR) is 63.9 cm³/mol. The second-order valence-electron chi connectivity index (χ2n) is 5.15. The predicted octanol–water partition coefficient (Wildman–Crippen LogP) is 2.27. The van der Waals surface area contributed by atoms with Crippen LogP contribution in [0.5, 0.6) is 0 Å². The summed E-state index contributed by atoms with van der Waals surface area (Å²) in [4.78, 5) is 0. The Kier molecular flexibility index (Phi) is 6.41. The molecular formula is C12H27NO2. The van der Waals surface area contributed by atoms with Crippen molar-refractivity contribution < 1.29 is 9.47 Å². The Morgan fingerprint density at radius 2 is 1.53 bits per heavy atom. The van der Waals surface area contributed by atoms with Gasteiger partial charge in [0.2, 0.25) is 0 Å². The van der Waals surface area contributed by atoms with Crippen molar-refractivity contribution in [3.05, 3.63) is 0 Å². The van der Waals surface area contributed by atoms with Crippen molar-refractivity contribution in [2.24, 2.45) is 11.3 Å². The van der Waals surface area contributed by atoms with Gasteiger partial charge in [0.15, 0.2) is 6.29 Å². The van der Waals surface area contributed by atoms with E-state index >= 15 is 0 Å². The minimum absolute atomic E-state index is 0.173. The smallest absolute Gasteiger partial charge is 0.171 e. The van der Waals surface area contributed by atoms with Crippen LogP contribution < -0.4 is 5.32 Å². The highest BCUT2D eigenvalue weighted by Gasteiger charge is 2.24. The molecule has 0 aliphatic rings. The third-order valence-electron chi connectivity index (χ3n) is 3.32. The SMILES string of the molecule is COC(OC)C(C)NCC(C)(C)C(C)C. The van der Waals surface area contributed by atoms with E-state index in [2.05, 4.69) is 39.9 Å². The van der Waals surface area contributed by atoms with E-state index in [4.69, 9.17) is 9.47 Å². The zero-order chi connectivity index (χ0) is 12.1. The molecule has 0 saturated heterocycles. The van der Waals surface area contributed by atoms with E-state index in [1.807, 2.05) is 0 Å². The summed E-state index contributed by atoms with van der Waals surface area (Å²) in [5, 5.41) is 3.46. The summed E-state index contributed by atoms with van der Waals surface area (Å²) < 4.78 is 10.4. The number of rotatable bonds is 7. The Bertz CT molecular complexity index is 165. The van der Waals surface area contributed by atoms with Crippen molar-refractivity contribution in [2.75, 3.05) is 20.8 Å². The summed E-state index contributed by atoms with van der Waals surface area (Å²) in [6.07, 6.45) is -0.173. The molecule has 0 heterocycles. The van der Waals surface area contributed by atoms with Crippen molar-refractivity contribution in [2.45, 2.75) is 47.0 Å². The highest BCUT2D eigenvalue weighted by Crippen LogP contribution is 2.24. The van der Waals surface area contributed by atoms with E-state index in [-0.39, 0.29) is 12.3 Å². The first-order valence-corrected chi connectivity index (χ1v) is 5.64. The van der Waals surface area contributed by atoms with Crippen LogP contribution in [0.2, 0.25) is 0 Å². The number of nitrogens with one attached hydrogen (secondary N) is 1. The van der Waals surface area contributed by atoms with E-state index in [1.165, 1.54) is 0 Å². The molecule has 0 fully saturated rings. The topological polar surface area (TPSA) is 30.5 Å². The molecule has 0 rings (SSSR count). The van der Waals surface area contributed by atoms with Crippen LogP contribution in [0, 0.1) is 11.3 Å². The highest BCUT2D eigenvalue weighted by atomic mass is 16.7. The van der Waals surface area contributed by atoms with E-state index < -0.39 is 0 Å². The fraction of sp³-hybridized carbons (Fsp3) is 1.00. The highest BCUT2D eigenvalue weighted by molar-refractivity contribution is 4.77. The molecule has 3 heteroatoms. The molecule has 15 heavy (non-hydrogen) atoms. The zero-order valence-electron chi connectivity index (χ0n) is 11.3. The summed E-state index contributed by atoms with van der Waals surface area (Å²) in [5.74, 6) is 0.653. The van der Waals surface area contributed by atoms with Gasteiger partial charge in [0.25, 0.3) is 0 Å². The fourth-order valence-corrected chi connectivity index (χ4v) is 1.23. The minimum Gasteiger partial charge on any atom is -0.354 e. The molecule has 92 valence electrons. The van der Waals surface area contributed by atoms with E-state index in [0.29, 0.717) is 11.3 Å². The van der Waals surface area contributed by atoms with Gasteiger partial charge >= 0.3 is 0 Å². The first-order valence-electron chi connectivity index (χ1n) is 5.64. The van der Waals surface area contributed by atoms with Crippen LogP contribution in [-0.4, -0.2) is 33.1 Å². The van der Waals surface area contributed by atoms with Crippen LogP contribution in [0.4, 0.5) is 0 Å². The van der Waals surface area contributed by atoms with Gasteiger partial charge in [0, 0.05) is 20.8 Å². The van der Waals surface area contributed by atoms with Gasteiger partial charge in [-0.2, -0.15) is 0 Å². The number of methoxy groups -OCH3 is 2. The minimum atomic E-state index is -0.173. The van der Waals surface area contributed by atoms with Crippen LogP contribution in [0.25, 0.3) is 0 Å². The molecule has 1 N–H and O–H groups in total. The molecule has 0 spiro atoms. The largest absolute Gasteiger partial charge is 0.354 e. The second-order valence-corrected chi connectivity index (χ2v) is 5.15. The molecule has 1 unspecified atom stereocenters. The summed E-state index contributed by atoms with van der Waals surface area (Å²) in [7, 11) is 3.33. The Hall–Kier alpha value is -0.120. The fourth-order valence-electron chi connectivity index (χ4n) is 1.23. The van der Waals surface area contributed by atoms with E-state index in [1.54, 1.807) is 14.2 Å². The number of hydrogen-bond acceptors (Lipinski definition) is 3. The van der Waals surface area contributed by atoms with Gasteiger partial charge in [0.1, 0.15) is 0 Å². The van der Waals surface area contributed by atoms with Crippen molar-refractivity contribution in [1.82, 2.24) is 5.32 Å². The summed E-state index contributed by atoms with van der Waals surface area (Å²) >= 11 is 0. The van der Waals surface area contributed by atoms with Crippen molar-refractivity contribution in [1.29, 1.82) is 0 Å². The van der Waals surface area contributed by atoms with Crippen molar-refractivity contribution in [3.8, 4) is 0 Å². The normalized spacial score (nSPS) is 15.0. The standard InChI is InChI=1S/C12H27NO2/c1-9(2)12(4,5)8-13-10(3)11(14-6)15-7/h9-11,13H,8H2,1-7H3. The quantitative estimate of drug-likeness (QED) is 0.664. The molecule has 0 aromatic rings. The lowest BCUT2D eigenvalue weighted by Crippen LogP contribution is -2.44. The van der Waals surface area contributed by atoms with Gasteiger partial charge in [-0.1, -0.05) is 27.7 Å². The molecule has 0 radical (unpaired) electrons. The van der Waals surface area contributed by atoms with Crippen molar-refractivity contribution >= 4 is 0 Å². The molecule has 0 bridgehead atoms. The van der Waals surface area contributed by atoms with Crippen molar-refractivity contribution in [3.63, 3.8) is 0 Å². The van der Waals surface area contributed by atoms with Gasteiger partial charge in [-0.15, -0.1) is 0 Å². The Morgan fingerprint density at radius 1 is 1.07 bits per heavy atom. The third-order valence-corrected chi connectivity index (χ3v) is 3.32. The van der Waals surface area contributed by atoms with Gasteiger partial charge in [-0.05, 0) is 18.3 Å². The van der Waals surface area contributed by atoms with E-state index in [9.17, 15) is 0 Å². The average molecular weight is 217 g/mol. The first kappa shape index (κ1) is 14.9. The Morgan fingerprint density at radius 3 is 1.87 bits per heavy atom. The lowest BCUT2D eigenvalue weighted by atomic mass is 9.81.